The molecule has 1 aliphatic heterocycles. The van der Waals surface area contributed by atoms with Gasteiger partial charge in [-0.1, -0.05) is 74.5 Å². The normalized spacial score (nSPS) is 17.5. The molecular weight excluding hydrogens is 548 g/mol. The highest BCUT2D eigenvalue weighted by Crippen LogP contribution is 2.42. The van der Waals surface area contributed by atoms with E-state index >= 15 is 0 Å². The zero-order chi connectivity index (χ0) is 30.6. The molecule has 1 saturated heterocycles. The lowest BCUT2D eigenvalue weighted by atomic mass is 9.70. The van der Waals surface area contributed by atoms with Crippen LogP contribution < -0.4 is 14.2 Å². The molecule has 1 heterocycles. The maximum Gasteiger partial charge on any atom is 0.189 e. The van der Waals surface area contributed by atoms with Gasteiger partial charge < -0.3 is 23.7 Å². The molecule has 2 atom stereocenters. The van der Waals surface area contributed by atoms with Crippen molar-refractivity contribution in [3.05, 3.63) is 125 Å². The van der Waals surface area contributed by atoms with Gasteiger partial charge in [-0.05, 0) is 96.8 Å². The predicted octanol–water partition coefficient (Wildman–Crippen LogP) is 8.31. The van der Waals surface area contributed by atoms with Crippen molar-refractivity contribution in [2.75, 3.05) is 33.2 Å². The molecule has 1 aliphatic carbocycles. The summed E-state index contributed by atoms with van der Waals surface area (Å²) in [5.74, 6) is 3.33. The van der Waals surface area contributed by atoms with Crippen LogP contribution in [0.4, 0.5) is 0 Å². The van der Waals surface area contributed by atoms with Crippen molar-refractivity contribution in [3.8, 4) is 17.2 Å². The van der Waals surface area contributed by atoms with Crippen molar-refractivity contribution in [2.24, 2.45) is 5.92 Å². The number of rotatable bonds is 15. The van der Waals surface area contributed by atoms with Gasteiger partial charge >= 0.3 is 0 Å². The third-order valence-electron chi connectivity index (χ3n) is 9.16. The predicted molar refractivity (Wildman–Crippen MR) is 174 cm³/mol. The van der Waals surface area contributed by atoms with Gasteiger partial charge in [0.2, 0.25) is 0 Å². The Labute approximate surface area is 262 Å². The minimum atomic E-state index is -0.380. The number of ether oxygens (including phenoxy) is 5. The standard InChI is InChI=1S/C39H44O5/c1-5-40-27-44-36-18-12-30(13-19-36)38(2,3)29-8-10-31(11-9-29)39(4,32-14-20-34(21-15-32)41-24-28-6-7-28)33-16-22-35(23-17-33)42-25-37-26-43-37/h8-23,28,37H,5-7,24-27H2,1-4H3. The smallest absolute Gasteiger partial charge is 0.189 e. The molecule has 0 bridgehead atoms. The maximum absolute atomic E-state index is 6.06. The van der Waals surface area contributed by atoms with E-state index in [2.05, 4.69) is 106 Å². The Morgan fingerprint density at radius 2 is 1.00 bits per heavy atom. The molecule has 0 amide bonds. The Kier molecular flexibility index (Phi) is 8.97. The molecule has 0 N–H and O–H groups in total. The minimum Gasteiger partial charge on any atom is -0.493 e. The Bertz CT molecular complexity index is 1420. The molecule has 6 rings (SSSR count). The molecule has 2 aliphatic rings. The summed E-state index contributed by atoms with van der Waals surface area (Å²) in [6, 6.07) is 34.6. The number of hydrogen-bond donors (Lipinski definition) is 0. The summed E-state index contributed by atoms with van der Waals surface area (Å²) in [5.41, 5.74) is 5.56. The fourth-order valence-corrected chi connectivity index (χ4v) is 5.67. The number of hydrogen-bond acceptors (Lipinski definition) is 5. The zero-order valence-corrected chi connectivity index (χ0v) is 26.4. The van der Waals surface area contributed by atoms with E-state index in [1.165, 1.54) is 40.7 Å². The summed E-state index contributed by atoms with van der Waals surface area (Å²) in [7, 11) is 0. The van der Waals surface area contributed by atoms with Crippen molar-refractivity contribution >= 4 is 0 Å². The van der Waals surface area contributed by atoms with E-state index in [1.807, 2.05) is 19.1 Å². The van der Waals surface area contributed by atoms with Crippen LogP contribution in [0.1, 0.15) is 68.4 Å². The van der Waals surface area contributed by atoms with Crippen LogP contribution in [0.3, 0.4) is 0 Å². The molecular formula is C39H44O5. The Hall–Kier alpha value is -3.80. The summed E-state index contributed by atoms with van der Waals surface area (Å²) in [6.07, 6.45) is 2.80. The van der Waals surface area contributed by atoms with E-state index in [0.717, 1.165) is 36.4 Å². The highest BCUT2D eigenvalue weighted by Gasteiger charge is 2.33. The summed E-state index contributed by atoms with van der Waals surface area (Å²) >= 11 is 0. The van der Waals surface area contributed by atoms with Gasteiger partial charge in [0.05, 0.1) is 13.2 Å². The number of benzene rings is 4. The first-order valence-electron chi connectivity index (χ1n) is 15.9. The monoisotopic (exact) mass is 592 g/mol. The first-order valence-corrected chi connectivity index (χ1v) is 15.9. The van der Waals surface area contributed by atoms with E-state index in [-0.39, 0.29) is 23.7 Å². The Balaban J connectivity index is 1.27. The second kappa shape index (κ2) is 13.1. The van der Waals surface area contributed by atoms with Crippen LogP contribution >= 0.6 is 0 Å². The first-order chi connectivity index (χ1) is 21.4. The lowest BCUT2D eigenvalue weighted by molar-refractivity contribution is 0.0224. The molecule has 0 spiro atoms. The fraction of sp³-hybridized carbons (Fsp3) is 0.385. The highest BCUT2D eigenvalue weighted by molar-refractivity contribution is 5.52. The van der Waals surface area contributed by atoms with Crippen molar-refractivity contribution in [1.29, 1.82) is 0 Å². The first kappa shape index (κ1) is 30.2. The second-order valence-corrected chi connectivity index (χ2v) is 12.7. The van der Waals surface area contributed by atoms with Gasteiger partial charge in [0.25, 0.3) is 0 Å². The minimum absolute atomic E-state index is 0.182. The van der Waals surface area contributed by atoms with Crippen LogP contribution in [-0.2, 0) is 20.3 Å². The van der Waals surface area contributed by atoms with Crippen LogP contribution in [0.15, 0.2) is 97.1 Å². The molecule has 5 heteroatoms. The van der Waals surface area contributed by atoms with Gasteiger partial charge in [0.1, 0.15) is 30.0 Å². The SMILES string of the molecule is CCOCOc1ccc(C(C)(C)c2ccc(C(C)(c3ccc(OCC4CC4)cc3)c3ccc(OCC4CO4)cc3)cc2)cc1. The maximum atomic E-state index is 6.06. The Morgan fingerprint density at radius 1 is 0.591 bits per heavy atom. The lowest BCUT2D eigenvalue weighted by Gasteiger charge is -2.33. The van der Waals surface area contributed by atoms with Crippen molar-refractivity contribution in [3.63, 3.8) is 0 Å². The highest BCUT2D eigenvalue weighted by atomic mass is 16.7. The third-order valence-corrected chi connectivity index (χ3v) is 9.16. The second-order valence-electron chi connectivity index (χ2n) is 12.7. The van der Waals surface area contributed by atoms with Gasteiger partial charge in [-0.25, -0.2) is 0 Å². The quantitative estimate of drug-likeness (QED) is 0.0602. The van der Waals surface area contributed by atoms with Crippen LogP contribution in [0.5, 0.6) is 17.2 Å². The van der Waals surface area contributed by atoms with Crippen molar-refractivity contribution in [2.45, 2.75) is 57.5 Å². The van der Waals surface area contributed by atoms with E-state index in [1.54, 1.807) is 0 Å². The molecule has 2 fully saturated rings. The van der Waals surface area contributed by atoms with Gasteiger partial charge in [-0.15, -0.1) is 0 Å². The molecule has 230 valence electrons. The zero-order valence-electron chi connectivity index (χ0n) is 26.4. The topological polar surface area (TPSA) is 49.5 Å². The molecule has 2 unspecified atom stereocenters. The summed E-state index contributed by atoms with van der Waals surface area (Å²) in [5, 5.41) is 0. The van der Waals surface area contributed by atoms with Crippen molar-refractivity contribution < 1.29 is 23.7 Å². The van der Waals surface area contributed by atoms with Gasteiger partial charge in [-0.3, -0.25) is 0 Å². The van der Waals surface area contributed by atoms with E-state index in [9.17, 15) is 0 Å². The lowest BCUT2D eigenvalue weighted by Crippen LogP contribution is -2.26. The molecule has 4 aromatic carbocycles. The summed E-state index contributed by atoms with van der Waals surface area (Å²) in [4.78, 5) is 0. The van der Waals surface area contributed by atoms with Gasteiger partial charge in [-0.2, -0.15) is 0 Å². The Morgan fingerprint density at radius 3 is 1.45 bits per heavy atom. The van der Waals surface area contributed by atoms with E-state index in [4.69, 9.17) is 23.7 Å². The van der Waals surface area contributed by atoms with E-state index in [0.29, 0.717) is 13.2 Å². The fourth-order valence-electron chi connectivity index (χ4n) is 5.67. The van der Waals surface area contributed by atoms with Crippen LogP contribution in [0, 0.1) is 5.92 Å². The largest absolute Gasteiger partial charge is 0.493 e. The third kappa shape index (κ3) is 6.95. The molecule has 4 aromatic rings. The molecule has 1 saturated carbocycles. The molecule has 44 heavy (non-hydrogen) atoms. The van der Waals surface area contributed by atoms with E-state index < -0.39 is 0 Å². The van der Waals surface area contributed by atoms with Crippen LogP contribution in [0.25, 0.3) is 0 Å². The van der Waals surface area contributed by atoms with Crippen molar-refractivity contribution in [1.82, 2.24) is 0 Å². The van der Waals surface area contributed by atoms with Crippen LogP contribution in [0.2, 0.25) is 0 Å². The number of epoxide rings is 1. The van der Waals surface area contributed by atoms with Gasteiger partial charge in [0, 0.05) is 17.4 Å². The molecule has 0 aromatic heterocycles. The average molecular weight is 593 g/mol. The van der Waals surface area contributed by atoms with Gasteiger partial charge in [0.15, 0.2) is 6.79 Å². The summed E-state index contributed by atoms with van der Waals surface area (Å²) < 4.78 is 28.3. The molecule has 0 radical (unpaired) electrons. The molecule has 5 nitrogen and oxygen atoms in total. The summed E-state index contributed by atoms with van der Waals surface area (Å²) in [6.45, 7) is 11.9. The van der Waals surface area contributed by atoms with Crippen LogP contribution in [-0.4, -0.2) is 39.3 Å². The average Bonchev–Trinajstić information content (AvgIpc) is 4.00.